The summed E-state index contributed by atoms with van der Waals surface area (Å²) in [6.07, 6.45) is 5.22. The summed E-state index contributed by atoms with van der Waals surface area (Å²) in [5.74, 6) is -3.14. The third kappa shape index (κ3) is 31.7. The lowest BCUT2D eigenvalue weighted by molar-refractivity contribution is -0.139. The average molecular weight is 1770 g/mol. The minimum Gasteiger partial charge on any atom is -0.506 e. The number of para-hydroxylation sites is 1. The largest absolute Gasteiger partial charge is 0.506 e. The third-order valence-electron chi connectivity index (χ3n) is 16.8. The fraction of sp³-hybridized carbons (Fsp3) is 0.170. The van der Waals surface area contributed by atoms with Crippen molar-refractivity contribution in [2.75, 3.05) is 152 Å². The lowest BCUT2D eigenvalue weighted by atomic mass is 10.2. The summed E-state index contributed by atoms with van der Waals surface area (Å²) in [5, 5.41) is 62.3. The number of halogens is 4. The summed E-state index contributed by atoms with van der Waals surface area (Å²) < 4.78 is 104. The fourth-order valence-corrected chi connectivity index (χ4v) is 10.6. The number of aromatic nitrogens is 8. The van der Waals surface area contributed by atoms with Gasteiger partial charge in [-0.25, -0.2) is 37.5 Å². The van der Waals surface area contributed by atoms with Gasteiger partial charge in [-0.05, 0) is 176 Å². The number of phenols is 2. The van der Waals surface area contributed by atoms with Crippen LogP contribution in [0, 0.1) is 23.3 Å². The van der Waals surface area contributed by atoms with Crippen molar-refractivity contribution in [3.8, 4) is 34.5 Å². The van der Waals surface area contributed by atoms with Crippen LogP contribution in [0.5, 0.6) is 34.5 Å². The number of nitrogens with zero attached hydrogens (tertiary/aromatic N) is 8. The lowest BCUT2D eigenvalue weighted by Crippen LogP contribution is -2.17. The Hall–Kier alpha value is -16.4. The van der Waals surface area contributed by atoms with Gasteiger partial charge >= 0.3 is 5.97 Å². The monoisotopic (exact) mass is 1770 g/mol. The second-order valence-corrected chi connectivity index (χ2v) is 26.4. The van der Waals surface area contributed by atoms with Crippen LogP contribution in [0.3, 0.4) is 0 Å². The number of carbonyl (C=O) groups is 5. The number of carboxylic acid groups (broad SMARTS) is 1. The van der Waals surface area contributed by atoms with E-state index in [-0.39, 0.29) is 81.5 Å². The van der Waals surface area contributed by atoms with E-state index < -0.39 is 59.5 Å². The van der Waals surface area contributed by atoms with Gasteiger partial charge in [0.05, 0.1) is 74.9 Å². The summed E-state index contributed by atoms with van der Waals surface area (Å²) in [4.78, 5) is 89.6. The van der Waals surface area contributed by atoms with Crippen LogP contribution in [-0.4, -0.2) is 179 Å². The molecule has 0 aliphatic carbocycles. The molecule has 4 aromatic heterocycles. The molecule has 15 N–H and O–H groups in total. The molecular formula is C88H88F4N20O17. The first kappa shape index (κ1) is 94.9. The normalized spacial score (nSPS) is 11.4. The van der Waals surface area contributed by atoms with Gasteiger partial charge in [0.15, 0.2) is 58.4 Å². The number of carboxylic acids is 1. The number of amides is 4. The molecule has 13 rings (SSSR count). The van der Waals surface area contributed by atoms with Gasteiger partial charge in [0.1, 0.15) is 61.6 Å². The molecule has 8 aromatic carbocycles. The highest BCUT2D eigenvalue weighted by molar-refractivity contribution is 6.02. The van der Waals surface area contributed by atoms with Gasteiger partial charge in [-0.15, -0.1) is 0 Å². The molecule has 12 aromatic rings. The summed E-state index contributed by atoms with van der Waals surface area (Å²) in [5.41, 5.74) is 5.47. The molecule has 0 bridgehead atoms. The number of ether oxygens (including phenoxy) is 9. The summed E-state index contributed by atoms with van der Waals surface area (Å²) >= 11 is 0. The predicted molar refractivity (Wildman–Crippen MR) is 475 cm³/mol. The number of anilines is 20. The van der Waals surface area contributed by atoms with Crippen LogP contribution in [0.15, 0.2) is 232 Å². The first-order valence-electron chi connectivity index (χ1n) is 38.8. The zero-order chi connectivity index (χ0) is 91.8. The van der Waals surface area contributed by atoms with Crippen LogP contribution in [0.25, 0.3) is 0 Å². The van der Waals surface area contributed by atoms with Gasteiger partial charge in [-0.2, -0.15) is 19.9 Å². The average Bonchev–Trinajstić information content (AvgIpc) is 1.36. The molecule has 1 fully saturated rings. The number of aliphatic carboxylic acids is 1. The maximum atomic E-state index is 14.3. The summed E-state index contributed by atoms with van der Waals surface area (Å²) in [6.45, 7) is 10.9. The van der Waals surface area contributed by atoms with Crippen LogP contribution in [0.4, 0.5) is 133 Å². The number of rotatable bonds is 41. The number of methoxy groups -OCH3 is 4. The highest BCUT2D eigenvalue weighted by Gasteiger charge is 2.31. The molecule has 129 heavy (non-hydrogen) atoms. The Bertz CT molecular complexity index is 5750. The number of aromatic hydroxyl groups is 2. The Morgan fingerprint density at radius 3 is 1.05 bits per heavy atom. The molecule has 670 valence electrons. The molecule has 4 amide bonds. The summed E-state index contributed by atoms with van der Waals surface area (Å²) in [7, 11) is 6.41. The van der Waals surface area contributed by atoms with Gasteiger partial charge in [0.25, 0.3) is 5.91 Å². The van der Waals surface area contributed by atoms with Gasteiger partial charge in [0.2, 0.25) is 41.5 Å². The molecule has 1 unspecified atom stereocenters. The zero-order valence-corrected chi connectivity index (χ0v) is 69.5. The number of hydrogen-bond donors (Lipinski definition) is 15. The molecule has 5 heterocycles. The number of carbonyl (C=O) groups excluding carboxylic acids is 4. The first-order chi connectivity index (χ1) is 62.5. The van der Waals surface area contributed by atoms with Crippen LogP contribution in [0.2, 0.25) is 0 Å². The molecule has 0 saturated carbocycles. The van der Waals surface area contributed by atoms with Gasteiger partial charge in [0, 0.05) is 79.6 Å². The van der Waals surface area contributed by atoms with Crippen molar-refractivity contribution in [3.63, 3.8) is 0 Å². The second-order valence-electron chi connectivity index (χ2n) is 26.4. The Labute approximate surface area is 735 Å². The molecule has 0 radical (unpaired) electrons. The van der Waals surface area contributed by atoms with Crippen molar-refractivity contribution in [1.82, 2.24) is 39.9 Å². The molecule has 41 heteroatoms. The molecule has 1 saturated heterocycles. The Kier molecular flexibility index (Phi) is 36.2. The van der Waals surface area contributed by atoms with E-state index in [1.807, 2.05) is 0 Å². The molecule has 1 atom stereocenters. The van der Waals surface area contributed by atoms with E-state index in [0.29, 0.717) is 134 Å². The van der Waals surface area contributed by atoms with Crippen LogP contribution in [-0.2, 0) is 47.7 Å². The number of benzene rings is 8. The van der Waals surface area contributed by atoms with Gasteiger partial charge < -0.3 is 122 Å². The molecule has 1 aliphatic heterocycles. The highest BCUT2D eigenvalue weighted by atomic mass is 19.1. The quantitative estimate of drug-likeness (QED) is 0.00322. The van der Waals surface area contributed by atoms with Crippen molar-refractivity contribution in [2.24, 2.45) is 0 Å². The van der Waals surface area contributed by atoms with Crippen molar-refractivity contribution in [3.05, 3.63) is 255 Å². The highest BCUT2D eigenvalue weighted by Crippen LogP contribution is 2.36. The first-order valence-corrected chi connectivity index (χ1v) is 38.8. The number of hydrogen-bond acceptors (Lipinski definition) is 32. The second kappa shape index (κ2) is 49.2. The van der Waals surface area contributed by atoms with Crippen molar-refractivity contribution >= 4 is 145 Å². The maximum Gasteiger partial charge on any atom is 0.312 e. The Morgan fingerprint density at radius 1 is 0.388 bits per heavy atom. The van der Waals surface area contributed by atoms with Gasteiger partial charge in [-0.3, -0.25) is 24.0 Å². The van der Waals surface area contributed by atoms with Crippen LogP contribution >= 0.6 is 0 Å². The van der Waals surface area contributed by atoms with E-state index in [1.54, 1.807) is 174 Å². The topological polar surface area (TPSA) is 480 Å². The van der Waals surface area contributed by atoms with Crippen LogP contribution in [0.1, 0.15) is 6.42 Å². The molecule has 0 spiro atoms. The Morgan fingerprint density at radius 2 is 0.705 bits per heavy atom. The maximum absolute atomic E-state index is 14.3. The van der Waals surface area contributed by atoms with E-state index >= 15 is 0 Å². The van der Waals surface area contributed by atoms with E-state index in [9.17, 15) is 51.7 Å². The van der Waals surface area contributed by atoms with Gasteiger partial charge in [-0.1, -0.05) is 31.4 Å². The van der Waals surface area contributed by atoms with Crippen molar-refractivity contribution in [1.29, 1.82) is 0 Å². The van der Waals surface area contributed by atoms with Crippen LogP contribution < -0.4 is 82.7 Å². The third-order valence-corrected chi connectivity index (χ3v) is 16.8. The molecule has 1 aliphatic rings. The number of nitrogens with one attached hydrogen (secondary N) is 12. The van der Waals surface area contributed by atoms with E-state index in [4.69, 9.17) is 47.7 Å². The SMILES string of the molecule is C=CC(=O)Nc1cc(Nc2nc(Nc3ccc(OCCOC)cc3)ncc2F)ccc1O.C=CC(=O)Nc1cccc(Nc2nc(Nc3ccc(OCCOC)cc3)ncc2F)c1O.COCCOc1ccc(Nc2ncc(F)c(Nc3cccc(NC(=O)C4CO4)c3)n2)cc1.COCCOc1ccc(Nc2ncc(F)c(Nc3cccc(NC(=O)CC(=O)O)c3)n2)cc1. The molecular weight excluding hydrogens is 1690 g/mol. The lowest BCUT2D eigenvalue weighted by Gasteiger charge is -2.13. The number of epoxide rings is 1. The van der Waals surface area contributed by atoms with E-state index in [2.05, 4.69) is 117 Å². The van der Waals surface area contributed by atoms with E-state index in [1.165, 1.54) is 36.4 Å². The minimum absolute atomic E-state index is 0.00368. The zero-order valence-electron chi connectivity index (χ0n) is 69.5. The van der Waals surface area contributed by atoms with Crippen molar-refractivity contribution in [2.45, 2.75) is 12.5 Å². The minimum atomic E-state index is -1.24. The molecule has 37 nitrogen and oxygen atoms in total. The Balaban J connectivity index is 0.000000179. The number of phenolic OH excluding ortho intramolecular Hbond substituents is 2. The predicted octanol–water partition coefficient (Wildman–Crippen LogP) is 14.9. The standard InChI is InChI=1S/C22H22FN5O5.3C22H22FN5O4/c1-32-9-10-33-17-7-5-14(6-8-17)27-22-24-13-18(23)21(28-22)26-16-4-2-3-15(11-16)25-19(29)12-20(30)31;1-30-9-10-31-17-7-5-14(6-8-17)27-22-24-12-18(23)20(28-22)25-15-3-2-4-16(11-15)26-21(29)19-13-32-19;1-3-20(30)27-18-12-15(6-9-19(18)29)25-21-17(23)13-24-22(28-21)26-14-4-7-16(8-5-14)32-11-10-31-2;1-3-19(29)26-17-5-4-6-18(20(17)30)27-21-16(23)13-24-22(28-21)25-14-7-9-15(10-8-14)32-12-11-31-2/h2-8,11,13H,9-10,12H2,1H3,(H,25,29)(H,30,31)(H2,24,26,27,28);2-8,11-12,19H,9-10,13H2,1H3,(H,26,29)(H2,24,25,27,28);3-9,12-13,29H,1,10-11H2,2H3,(H,27,30)(H2,24,25,26,28);3-10,13,30H,1,11-12H2,2H3,(H,26,29)(H2,24,25,27,28). The smallest absolute Gasteiger partial charge is 0.312 e. The fourth-order valence-electron chi connectivity index (χ4n) is 10.6. The van der Waals surface area contributed by atoms with Crippen molar-refractivity contribution < 1.29 is 99.5 Å². The van der Waals surface area contributed by atoms with E-state index in [0.717, 1.165) is 36.9 Å². The summed E-state index contributed by atoms with van der Waals surface area (Å²) in [6, 6.07) is 50.6.